The van der Waals surface area contributed by atoms with Crippen molar-refractivity contribution in [3.05, 3.63) is 84.4 Å². The molecule has 0 fully saturated rings. The van der Waals surface area contributed by atoms with Crippen LogP contribution in [0.3, 0.4) is 0 Å². The third-order valence-corrected chi connectivity index (χ3v) is 5.66. The summed E-state index contributed by atoms with van der Waals surface area (Å²) in [6.07, 6.45) is 5.65. The van der Waals surface area contributed by atoms with Gasteiger partial charge in [0.2, 0.25) is 5.91 Å². The Hall–Kier alpha value is -3.45. The van der Waals surface area contributed by atoms with Crippen molar-refractivity contribution in [1.29, 1.82) is 0 Å². The Bertz CT molecular complexity index is 1190. The fourth-order valence-electron chi connectivity index (χ4n) is 3.37. The first kappa shape index (κ1) is 20.8. The number of hydrogen-bond donors (Lipinski definition) is 1. The van der Waals surface area contributed by atoms with Crippen molar-refractivity contribution in [2.75, 3.05) is 11.6 Å². The summed E-state index contributed by atoms with van der Waals surface area (Å²) in [6, 6.07) is 17.8. The van der Waals surface area contributed by atoms with E-state index in [0.29, 0.717) is 11.5 Å². The van der Waals surface area contributed by atoms with Crippen LogP contribution in [0, 0.1) is 5.82 Å². The number of carbonyl (C=O) groups excluding carboxylic acids is 1. The number of thioether (sulfide) groups is 1. The Balaban J connectivity index is 1.69. The summed E-state index contributed by atoms with van der Waals surface area (Å²) in [4.78, 5) is 18.1. The lowest BCUT2D eigenvalue weighted by molar-refractivity contribution is -0.115. The Morgan fingerprint density at radius 1 is 1.00 bits per heavy atom. The molecule has 31 heavy (non-hydrogen) atoms. The minimum absolute atomic E-state index is 0.138. The molecule has 0 atom stereocenters. The highest BCUT2D eigenvalue weighted by atomic mass is 32.2. The normalized spacial score (nSPS) is 10.8. The van der Waals surface area contributed by atoms with Crippen LogP contribution in [0.1, 0.15) is 5.56 Å². The number of nitrogens with one attached hydrogen (secondary N) is 1. The zero-order valence-electron chi connectivity index (χ0n) is 17.2. The molecular formula is C24H21FN4OS. The average molecular weight is 433 g/mol. The van der Waals surface area contributed by atoms with E-state index in [1.165, 1.54) is 12.1 Å². The highest BCUT2D eigenvalue weighted by molar-refractivity contribution is 7.98. The van der Waals surface area contributed by atoms with E-state index in [2.05, 4.69) is 15.4 Å². The average Bonchev–Trinajstić information content (AvgIpc) is 3.11. The molecule has 0 saturated heterocycles. The first-order valence-corrected chi connectivity index (χ1v) is 10.9. The van der Waals surface area contributed by atoms with Crippen LogP contribution in [0.2, 0.25) is 0 Å². The van der Waals surface area contributed by atoms with Crippen LogP contribution in [0.25, 0.3) is 22.4 Å². The van der Waals surface area contributed by atoms with Crippen molar-refractivity contribution < 1.29 is 9.18 Å². The maximum absolute atomic E-state index is 13.4. The number of amides is 1. The number of benzene rings is 2. The molecule has 2 aromatic carbocycles. The van der Waals surface area contributed by atoms with E-state index in [0.717, 1.165) is 27.1 Å². The van der Waals surface area contributed by atoms with Gasteiger partial charge in [0.15, 0.2) is 0 Å². The van der Waals surface area contributed by atoms with Crippen LogP contribution < -0.4 is 5.32 Å². The van der Waals surface area contributed by atoms with Gasteiger partial charge in [-0.3, -0.25) is 14.5 Å². The van der Waals surface area contributed by atoms with E-state index in [1.807, 2.05) is 42.7 Å². The summed E-state index contributed by atoms with van der Waals surface area (Å²) < 4.78 is 15.1. The molecule has 0 saturated carbocycles. The third-order valence-electron chi connectivity index (χ3n) is 4.92. The Morgan fingerprint density at radius 3 is 2.32 bits per heavy atom. The summed E-state index contributed by atoms with van der Waals surface area (Å²) in [6.45, 7) is 0. The lowest BCUT2D eigenvalue weighted by Gasteiger charge is -2.10. The minimum Gasteiger partial charge on any atom is -0.310 e. The second-order valence-electron chi connectivity index (χ2n) is 7.01. The molecule has 1 amide bonds. The Labute approximate surface area is 184 Å². The molecule has 2 aromatic heterocycles. The number of aryl methyl sites for hydroxylation is 1. The number of pyridine rings is 1. The molecule has 0 spiro atoms. The molecular weight excluding hydrogens is 411 g/mol. The van der Waals surface area contributed by atoms with E-state index in [9.17, 15) is 9.18 Å². The topological polar surface area (TPSA) is 59.8 Å². The molecule has 156 valence electrons. The minimum atomic E-state index is -0.314. The Kier molecular flexibility index (Phi) is 6.13. The van der Waals surface area contributed by atoms with Gasteiger partial charge in [0.25, 0.3) is 0 Å². The van der Waals surface area contributed by atoms with Crippen molar-refractivity contribution in [1.82, 2.24) is 14.8 Å². The lowest BCUT2D eigenvalue weighted by atomic mass is 10.0. The summed E-state index contributed by atoms with van der Waals surface area (Å²) in [5.41, 5.74) is 3.98. The van der Waals surface area contributed by atoms with Crippen molar-refractivity contribution in [3.8, 4) is 22.4 Å². The van der Waals surface area contributed by atoms with Gasteiger partial charge in [-0.2, -0.15) is 5.10 Å². The monoisotopic (exact) mass is 432 g/mol. The molecule has 0 bridgehead atoms. The molecule has 2 heterocycles. The number of nitrogens with zero attached hydrogens (tertiary/aromatic N) is 3. The number of anilines is 1. The predicted octanol–water partition coefficient (Wildman–Crippen LogP) is 5.19. The molecule has 1 N–H and O–H groups in total. The second-order valence-corrected chi connectivity index (χ2v) is 7.89. The van der Waals surface area contributed by atoms with Crippen LogP contribution in [0.5, 0.6) is 0 Å². The van der Waals surface area contributed by atoms with Crippen molar-refractivity contribution in [2.45, 2.75) is 11.3 Å². The maximum atomic E-state index is 13.4. The first-order valence-electron chi connectivity index (χ1n) is 9.71. The fourth-order valence-corrected chi connectivity index (χ4v) is 3.78. The van der Waals surface area contributed by atoms with E-state index in [-0.39, 0.29) is 18.1 Å². The van der Waals surface area contributed by atoms with Crippen molar-refractivity contribution in [3.63, 3.8) is 0 Å². The molecule has 5 nitrogen and oxygen atoms in total. The number of carbonyl (C=O) groups is 1. The summed E-state index contributed by atoms with van der Waals surface area (Å²) in [5.74, 6) is 0.128. The molecule has 0 aliphatic heterocycles. The van der Waals surface area contributed by atoms with Crippen LogP contribution in [0.15, 0.2) is 78.0 Å². The largest absolute Gasteiger partial charge is 0.310 e. The number of aromatic nitrogens is 3. The molecule has 4 aromatic rings. The predicted molar refractivity (Wildman–Crippen MR) is 122 cm³/mol. The Morgan fingerprint density at radius 2 is 1.68 bits per heavy atom. The van der Waals surface area contributed by atoms with Gasteiger partial charge in [0.05, 0.1) is 12.0 Å². The van der Waals surface area contributed by atoms with Crippen LogP contribution in [-0.2, 0) is 18.3 Å². The number of rotatable bonds is 6. The van der Waals surface area contributed by atoms with E-state index in [4.69, 9.17) is 0 Å². The van der Waals surface area contributed by atoms with Crippen molar-refractivity contribution in [2.24, 2.45) is 7.05 Å². The lowest BCUT2D eigenvalue weighted by Crippen LogP contribution is -2.17. The molecule has 4 rings (SSSR count). The highest BCUT2D eigenvalue weighted by Crippen LogP contribution is 2.37. The zero-order valence-corrected chi connectivity index (χ0v) is 18.0. The second kappa shape index (κ2) is 9.14. The van der Waals surface area contributed by atoms with Crippen LogP contribution >= 0.6 is 11.8 Å². The van der Waals surface area contributed by atoms with Gasteiger partial charge in [-0.1, -0.05) is 12.1 Å². The number of halogens is 1. The SMILES string of the molecule is CSc1ccc(CC(=O)Nc2c(-c3ccncc3)c(-c3ccc(F)cc3)nn2C)cc1. The van der Waals surface area contributed by atoms with Gasteiger partial charge in [0, 0.05) is 29.9 Å². The van der Waals surface area contributed by atoms with Gasteiger partial charge >= 0.3 is 0 Å². The van der Waals surface area contributed by atoms with Crippen LogP contribution in [0.4, 0.5) is 10.2 Å². The first-order chi connectivity index (χ1) is 15.0. The molecule has 0 aliphatic carbocycles. The molecule has 0 radical (unpaired) electrons. The fraction of sp³-hybridized carbons (Fsp3) is 0.125. The van der Waals surface area contributed by atoms with Gasteiger partial charge in [-0.15, -0.1) is 11.8 Å². The van der Waals surface area contributed by atoms with Gasteiger partial charge in [0.1, 0.15) is 17.3 Å². The number of hydrogen-bond acceptors (Lipinski definition) is 4. The van der Waals surface area contributed by atoms with Gasteiger partial charge < -0.3 is 5.32 Å². The molecule has 0 aliphatic rings. The highest BCUT2D eigenvalue weighted by Gasteiger charge is 2.21. The quantitative estimate of drug-likeness (QED) is 0.426. The smallest absolute Gasteiger partial charge is 0.229 e. The maximum Gasteiger partial charge on any atom is 0.229 e. The summed E-state index contributed by atoms with van der Waals surface area (Å²) >= 11 is 1.66. The summed E-state index contributed by atoms with van der Waals surface area (Å²) in [7, 11) is 1.78. The van der Waals surface area contributed by atoms with Gasteiger partial charge in [-0.25, -0.2) is 4.39 Å². The van der Waals surface area contributed by atoms with E-state index < -0.39 is 0 Å². The zero-order chi connectivity index (χ0) is 21.8. The summed E-state index contributed by atoms with van der Waals surface area (Å²) in [5, 5.41) is 7.64. The van der Waals surface area contributed by atoms with Crippen molar-refractivity contribution >= 4 is 23.5 Å². The van der Waals surface area contributed by atoms with Crippen LogP contribution in [-0.4, -0.2) is 26.9 Å². The van der Waals surface area contributed by atoms with Gasteiger partial charge in [-0.05, 0) is 65.9 Å². The molecule has 0 unspecified atom stereocenters. The third kappa shape index (κ3) is 4.67. The standard InChI is InChI=1S/C24H21FN4OS/c1-29-24(27-21(30)15-16-3-9-20(31-2)10-4-16)22(17-11-13-26-14-12-17)23(28-29)18-5-7-19(25)8-6-18/h3-14H,15H2,1-2H3,(H,27,30). The van der Waals surface area contributed by atoms with E-state index >= 15 is 0 Å². The molecule has 7 heteroatoms. The van der Waals surface area contributed by atoms with E-state index in [1.54, 1.807) is 48.0 Å².